The number of nitrogens with one attached hydrogen (secondary N) is 1. The summed E-state index contributed by atoms with van der Waals surface area (Å²) in [5, 5.41) is 2.92. The van der Waals surface area contributed by atoms with Crippen molar-refractivity contribution in [2.75, 3.05) is 19.4 Å². The van der Waals surface area contributed by atoms with Crippen LogP contribution in [0, 0.1) is 5.82 Å². The highest BCUT2D eigenvalue weighted by atomic mass is 32.2. The first kappa shape index (κ1) is 16.9. The first-order chi connectivity index (χ1) is 9.15. The summed E-state index contributed by atoms with van der Waals surface area (Å²) in [4.78, 5) is 0. The molecule has 1 aromatic rings. The van der Waals surface area contributed by atoms with Crippen LogP contribution in [0.4, 0.5) is 4.39 Å². The second kappa shape index (κ2) is 6.54. The average Bonchev–Trinajstić information content (AvgIpc) is 2.26. The largest absolute Gasteiger partial charge is 0.492 e. The summed E-state index contributed by atoms with van der Waals surface area (Å²) in [7, 11) is -1.46. The van der Waals surface area contributed by atoms with Crippen LogP contribution in [-0.2, 0) is 16.4 Å². The first-order valence-electron chi connectivity index (χ1n) is 6.45. The Kier molecular flexibility index (Phi) is 5.53. The quantitative estimate of drug-likeness (QED) is 0.875. The Hall–Kier alpha value is -1.14. The minimum Gasteiger partial charge on any atom is -0.492 e. The van der Waals surface area contributed by atoms with Crippen molar-refractivity contribution in [3.05, 3.63) is 29.6 Å². The van der Waals surface area contributed by atoms with E-state index in [1.807, 2.05) is 0 Å². The Morgan fingerprint density at radius 2 is 1.90 bits per heavy atom. The molecule has 0 aliphatic rings. The molecule has 20 heavy (non-hydrogen) atoms. The number of sulfone groups is 1. The van der Waals surface area contributed by atoms with E-state index in [1.165, 1.54) is 12.1 Å². The number of halogens is 1. The lowest BCUT2D eigenvalue weighted by Crippen LogP contribution is -2.32. The van der Waals surface area contributed by atoms with Crippen LogP contribution in [0.25, 0.3) is 0 Å². The van der Waals surface area contributed by atoms with Crippen LogP contribution in [0.2, 0.25) is 0 Å². The smallest absolute Gasteiger partial charge is 0.158 e. The minimum absolute atomic E-state index is 0.0159. The zero-order valence-electron chi connectivity index (χ0n) is 12.4. The molecule has 4 nitrogen and oxygen atoms in total. The van der Waals surface area contributed by atoms with Crippen LogP contribution in [0.5, 0.6) is 5.75 Å². The lowest BCUT2D eigenvalue weighted by Gasteiger charge is -2.19. The zero-order valence-corrected chi connectivity index (χ0v) is 13.2. The van der Waals surface area contributed by atoms with E-state index < -0.39 is 20.4 Å². The molecular weight excluding hydrogens is 281 g/mol. The third kappa shape index (κ3) is 4.76. The van der Waals surface area contributed by atoms with Crippen LogP contribution < -0.4 is 10.1 Å². The highest BCUT2D eigenvalue weighted by Gasteiger charge is 2.28. The third-order valence-electron chi connectivity index (χ3n) is 2.87. The van der Waals surface area contributed by atoms with Gasteiger partial charge >= 0.3 is 0 Å². The van der Waals surface area contributed by atoms with Crippen molar-refractivity contribution < 1.29 is 17.5 Å². The standard InChI is InChI=1S/C14H22FNO3S/c1-14(2,3)20(17,18)6-5-19-13-8-11(10-16-4)7-12(15)9-13/h7-9,16H,5-6,10H2,1-4H3. The molecule has 0 aliphatic heterocycles. The minimum atomic E-state index is -3.23. The predicted octanol–water partition coefficient (Wildman–Crippen LogP) is 2.14. The average molecular weight is 303 g/mol. The maximum Gasteiger partial charge on any atom is 0.158 e. The number of rotatable bonds is 6. The van der Waals surface area contributed by atoms with E-state index in [-0.39, 0.29) is 12.4 Å². The van der Waals surface area contributed by atoms with Gasteiger partial charge in [0.25, 0.3) is 0 Å². The molecule has 1 N–H and O–H groups in total. The molecule has 0 aromatic heterocycles. The number of hydrogen-bond acceptors (Lipinski definition) is 4. The van der Waals surface area contributed by atoms with Crippen molar-refractivity contribution in [1.82, 2.24) is 5.32 Å². The monoisotopic (exact) mass is 303 g/mol. The summed E-state index contributed by atoms with van der Waals surface area (Å²) in [5.41, 5.74) is 0.751. The van der Waals surface area contributed by atoms with Gasteiger partial charge in [-0.2, -0.15) is 0 Å². The SMILES string of the molecule is CNCc1cc(F)cc(OCCS(=O)(=O)C(C)(C)C)c1. The second-order valence-electron chi connectivity index (χ2n) is 5.61. The molecular formula is C14H22FNO3S. The summed E-state index contributed by atoms with van der Waals surface area (Å²) in [6, 6.07) is 4.36. The van der Waals surface area contributed by atoms with Crippen LogP contribution in [0.1, 0.15) is 26.3 Å². The number of ether oxygens (including phenoxy) is 1. The molecule has 0 saturated carbocycles. The number of hydrogen-bond donors (Lipinski definition) is 1. The van der Waals surface area contributed by atoms with Gasteiger partial charge in [0.2, 0.25) is 0 Å². The maximum absolute atomic E-state index is 13.4. The van der Waals surface area contributed by atoms with Crippen LogP contribution in [0.15, 0.2) is 18.2 Å². The zero-order chi connectivity index (χ0) is 15.4. The second-order valence-corrected chi connectivity index (χ2v) is 8.47. The molecule has 114 valence electrons. The van der Waals surface area contributed by atoms with E-state index in [2.05, 4.69) is 5.32 Å². The molecule has 0 saturated heterocycles. The fourth-order valence-electron chi connectivity index (χ4n) is 1.59. The molecule has 0 radical (unpaired) electrons. The van der Waals surface area contributed by atoms with Gasteiger partial charge in [-0.1, -0.05) is 0 Å². The van der Waals surface area contributed by atoms with Gasteiger partial charge in [0, 0.05) is 12.6 Å². The Bertz CT molecular complexity index is 550. The summed E-state index contributed by atoms with van der Waals surface area (Å²) < 4.78 is 41.8. The van der Waals surface area contributed by atoms with E-state index in [1.54, 1.807) is 33.9 Å². The van der Waals surface area contributed by atoms with Gasteiger partial charge in [0.15, 0.2) is 9.84 Å². The van der Waals surface area contributed by atoms with Gasteiger partial charge < -0.3 is 10.1 Å². The molecule has 1 aromatic carbocycles. The van der Waals surface area contributed by atoms with Gasteiger partial charge in [0.05, 0.1) is 10.5 Å². The van der Waals surface area contributed by atoms with E-state index in [4.69, 9.17) is 4.74 Å². The van der Waals surface area contributed by atoms with Crippen molar-refractivity contribution in [3.8, 4) is 5.75 Å². The van der Waals surface area contributed by atoms with Gasteiger partial charge in [-0.3, -0.25) is 0 Å². The summed E-state index contributed by atoms with van der Waals surface area (Å²) >= 11 is 0. The molecule has 6 heteroatoms. The third-order valence-corrected chi connectivity index (χ3v) is 5.44. The van der Waals surface area contributed by atoms with Crippen LogP contribution in [0.3, 0.4) is 0 Å². The highest BCUT2D eigenvalue weighted by molar-refractivity contribution is 7.92. The number of benzene rings is 1. The fraction of sp³-hybridized carbons (Fsp3) is 0.571. The Labute approximate surface area is 120 Å². The predicted molar refractivity (Wildman–Crippen MR) is 78.2 cm³/mol. The highest BCUT2D eigenvalue weighted by Crippen LogP contribution is 2.18. The molecule has 0 bridgehead atoms. The Morgan fingerprint density at radius 1 is 1.25 bits per heavy atom. The van der Waals surface area contributed by atoms with E-state index in [9.17, 15) is 12.8 Å². The van der Waals surface area contributed by atoms with Crippen molar-refractivity contribution in [3.63, 3.8) is 0 Å². The van der Waals surface area contributed by atoms with Gasteiger partial charge in [-0.15, -0.1) is 0 Å². The summed E-state index contributed by atoms with van der Waals surface area (Å²) in [6.45, 7) is 5.48. The van der Waals surface area contributed by atoms with Crippen molar-refractivity contribution in [2.24, 2.45) is 0 Å². The Balaban J connectivity index is 2.67. The van der Waals surface area contributed by atoms with Crippen molar-refractivity contribution in [2.45, 2.75) is 32.1 Å². The van der Waals surface area contributed by atoms with Crippen molar-refractivity contribution in [1.29, 1.82) is 0 Å². The lowest BCUT2D eigenvalue weighted by molar-refractivity contribution is 0.337. The summed E-state index contributed by atoms with van der Waals surface area (Å²) in [5.74, 6) is -0.139. The van der Waals surface area contributed by atoms with Crippen molar-refractivity contribution >= 4 is 9.84 Å². The van der Waals surface area contributed by atoms with Crippen LogP contribution >= 0.6 is 0 Å². The van der Waals surface area contributed by atoms with E-state index in [0.717, 1.165) is 5.56 Å². The molecule has 0 unspecified atom stereocenters. The van der Waals surface area contributed by atoms with Gasteiger partial charge in [0.1, 0.15) is 18.2 Å². The molecule has 0 heterocycles. The maximum atomic E-state index is 13.4. The topological polar surface area (TPSA) is 55.4 Å². The molecule has 0 aliphatic carbocycles. The molecule has 0 spiro atoms. The Morgan fingerprint density at radius 3 is 2.45 bits per heavy atom. The lowest BCUT2D eigenvalue weighted by atomic mass is 10.2. The van der Waals surface area contributed by atoms with Gasteiger partial charge in [-0.25, -0.2) is 12.8 Å². The first-order valence-corrected chi connectivity index (χ1v) is 8.10. The summed E-state index contributed by atoms with van der Waals surface area (Å²) in [6.07, 6.45) is 0. The van der Waals surface area contributed by atoms with E-state index >= 15 is 0 Å². The van der Waals surface area contributed by atoms with Crippen LogP contribution in [-0.4, -0.2) is 32.6 Å². The molecule has 0 fully saturated rings. The molecule has 1 rings (SSSR count). The fourth-order valence-corrected chi connectivity index (χ4v) is 2.50. The normalized spacial score (nSPS) is 12.4. The van der Waals surface area contributed by atoms with Gasteiger partial charge in [-0.05, 0) is 45.5 Å². The van der Waals surface area contributed by atoms with E-state index in [0.29, 0.717) is 12.3 Å². The molecule has 0 atom stereocenters. The molecule has 0 amide bonds.